The number of nitrogens with zero attached hydrogens (tertiary/aromatic N) is 4. The summed E-state index contributed by atoms with van der Waals surface area (Å²) in [6.45, 7) is 1.45. The molecule has 38 heavy (non-hydrogen) atoms. The summed E-state index contributed by atoms with van der Waals surface area (Å²) < 4.78 is 19.7. The van der Waals surface area contributed by atoms with Gasteiger partial charge in [0.1, 0.15) is 11.4 Å². The molecule has 1 aromatic carbocycles. The number of Topliss-reactive ketones (excluding diaryl/α,β-unsaturated/α-hetero) is 1. The molecule has 2 aliphatic rings. The number of aromatic nitrogens is 2. The van der Waals surface area contributed by atoms with Crippen LogP contribution in [0.15, 0.2) is 36.5 Å². The van der Waals surface area contributed by atoms with Crippen LogP contribution in [-0.2, 0) is 11.2 Å². The summed E-state index contributed by atoms with van der Waals surface area (Å²) in [7, 11) is 1.40. The Labute approximate surface area is 218 Å². The summed E-state index contributed by atoms with van der Waals surface area (Å²) in [4.78, 5) is 46.8. The van der Waals surface area contributed by atoms with Crippen molar-refractivity contribution >= 4 is 28.6 Å². The van der Waals surface area contributed by atoms with Crippen LogP contribution < -0.4 is 10.6 Å². The number of nitrogens with two attached hydrogens (primary N) is 1. The van der Waals surface area contributed by atoms with Gasteiger partial charge in [0.15, 0.2) is 5.65 Å². The van der Waals surface area contributed by atoms with Gasteiger partial charge >= 0.3 is 0 Å². The van der Waals surface area contributed by atoms with Crippen molar-refractivity contribution in [2.45, 2.75) is 31.8 Å². The third-order valence-corrected chi connectivity index (χ3v) is 7.42. The number of hydrogen-bond acceptors (Lipinski definition) is 7. The second-order valence-corrected chi connectivity index (χ2v) is 9.96. The van der Waals surface area contributed by atoms with Gasteiger partial charge < -0.3 is 25.5 Å². The number of hydrogen-bond donors (Lipinski definition) is 2. The van der Waals surface area contributed by atoms with E-state index in [1.807, 2.05) is 0 Å². The summed E-state index contributed by atoms with van der Waals surface area (Å²) in [5.74, 6) is 4.43. The highest BCUT2D eigenvalue weighted by atomic mass is 19.1. The maximum absolute atomic E-state index is 13.5. The third-order valence-electron chi connectivity index (χ3n) is 7.42. The van der Waals surface area contributed by atoms with E-state index in [9.17, 15) is 23.9 Å². The molecule has 11 heteroatoms. The van der Waals surface area contributed by atoms with E-state index >= 15 is 0 Å². The van der Waals surface area contributed by atoms with Gasteiger partial charge in [-0.15, -0.1) is 0 Å². The Hall–Kier alpha value is -3.99. The molecule has 3 aromatic rings. The molecule has 3 N–H and O–H groups in total. The molecule has 2 saturated heterocycles. The smallest absolute Gasteiger partial charge is 0.295 e. The Bertz CT molecular complexity index is 1380. The van der Waals surface area contributed by atoms with Gasteiger partial charge in [-0.05, 0) is 55.4 Å². The normalized spacial score (nSPS) is 18.2. The number of ether oxygens (including phenoxy) is 1. The van der Waals surface area contributed by atoms with Gasteiger partial charge in [-0.2, -0.15) is 4.98 Å². The van der Waals surface area contributed by atoms with E-state index in [1.54, 1.807) is 17.0 Å². The first-order valence-electron chi connectivity index (χ1n) is 12.7. The number of methoxy groups -OCH3 is 1. The number of benzene rings is 1. The Morgan fingerprint density at radius 2 is 1.76 bits per heavy atom. The Balaban J connectivity index is 1.35. The Kier molecular flexibility index (Phi) is 7.02. The van der Waals surface area contributed by atoms with E-state index in [4.69, 9.17) is 10.6 Å². The SMILES string of the molecule is COc1nc2c(cc1C(=O)N1CCC(Cc3ccc(F)cc3)CC1)c(C(=O)C(=O)N1CC[C@H](O)C1)cn2N. The number of carbonyl (C=O) groups excluding carboxylic acids is 3. The van der Waals surface area contributed by atoms with Gasteiger partial charge in [-0.25, -0.2) is 4.39 Å². The summed E-state index contributed by atoms with van der Waals surface area (Å²) in [5.41, 5.74) is 1.49. The molecule has 0 spiro atoms. The van der Waals surface area contributed by atoms with Crippen molar-refractivity contribution in [3.8, 4) is 5.88 Å². The average molecular weight is 524 g/mol. The molecule has 0 radical (unpaired) electrons. The van der Waals surface area contributed by atoms with Crippen LogP contribution in [0.4, 0.5) is 4.39 Å². The molecule has 0 saturated carbocycles. The first-order chi connectivity index (χ1) is 18.2. The van der Waals surface area contributed by atoms with E-state index in [-0.39, 0.29) is 46.3 Å². The number of aliphatic hydroxyl groups excluding tert-OH is 1. The van der Waals surface area contributed by atoms with Crippen molar-refractivity contribution in [3.05, 3.63) is 59.0 Å². The Morgan fingerprint density at radius 1 is 1.08 bits per heavy atom. The lowest BCUT2D eigenvalue weighted by Crippen LogP contribution is -2.39. The summed E-state index contributed by atoms with van der Waals surface area (Å²) in [5, 5.41) is 10.0. The van der Waals surface area contributed by atoms with Gasteiger partial charge in [0.05, 0.1) is 18.8 Å². The number of nitrogen functional groups attached to an aromatic ring is 1. The fourth-order valence-electron chi connectivity index (χ4n) is 5.29. The van der Waals surface area contributed by atoms with Gasteiger partial charge in [-0.1, -0.05) is 12.1 Å². The van der Waals surface area contributed by atoms with E-state index in [1.165, 1.54) is 36.4 Å². The number of amides is 2. The highest BCUT2D eigenvalue weighted by Crippen LogP contribution is 2.29. The molecule has 2 aromatic heterocycles. The van der Waals surface area contributed by atoms with E-state index < -0.39 is 17.8 Å². The van der Waals surface area contributed by atoms with Gasteiger partial charge in [0.2, 0.25) is 5.88 Å². The predicted molar refractivity (Wildman–Crippen MR) is 137 cm³/mol. The molecule has 200 valence electrons. The van der Waals surface area contributed by atoms with Crippen LogP contribution in [0.5, 0.6) is 5.88 Å². The average Bonchev–Trinajstić information content (AvgIpc) is 3.51. The van der Waals surface area contributed by atoms with Crippen molar-refractivity contribution in [2.75, 3.05) is 39.1 Å². The zero-order valence-electron chi connectivity index (χ0n) is 21.1. The molecule has 1 atom stereocenters. The summed E-state index contributed by atoms with van der Waals surface area (Å²) >= 11 is 0. The van der Waals surface area contributed by atoms with Gasteiger partial charge in [-0.3, -0.25) is 19.1 Å². The first kappa shape index (κ1) is 25.7. The molecule has 2 amide bonds. The Morgan fingerprint density at radius 3 is 2.39 bits per heavy atom. The minimum Gasteiger partial charge on any atom is -0.480 e. The van der Waals surface area contributed by atoms with Crippen LogP contribution in [0.1, 0.15) is 45.5 Å². The number of rotatable bonds is 6. The minimum atomic E-state index is -0.778. The molecular weight excluding hydrogens is 493 g/mol. The van der Waals surface area contributed by atoms with Gasteiger partial charge in [0.25, 0.3) is 17.6 Å². The summed E-state index contributed by atoms with van der Waals surface area (Å²) in [6, 6.07) is 8.00. The standard InChI is InChI=1S/C27H30FN5O5/c1-38-25-21(26(36)31-9-6-17(7-10-31)12-16-2-4-18(28)5-3-16)13-20-22(15-33(29)24(20)30-25)23(35)27(37)32-11-8-19(34)14-32/h2-5,13,15,17,19,34H,6-12,14,29H2,1H3/t19-/m0/s1. The lowest BCUT2D eigenvalue weighted by Gasteiger charge is -2.32. The number of fused-ring (bicyclic) bond motifs is 1. The van der Waals surface area contributed by atoms with Crippen LogP contribution in [0, 0.1) is 11.7 Å². The van der Waals surface area contributed by atoms with Crippen LogP contribution in [0.3, 0.4) is 0 Å². The van der Waals surface area contributed by atoms with Crippen molar-refractivity contribution in [3.63, 3.8) is 0 Å². The number of pyridine rings is 1. The molecule has 4 heterocycles. The maximum atomic E-state index is 13.5. The van der Waals surface area contributed by atoms with Gasteiger partial charge in [0, 0.05) is 37.8 Å². The molecule has 2 fully saturated rings. The zero-order chi connectivity index (χ0) is 27.0. The fourth-order valence-corrected chi connectivity index (χ4v) is 5.29. The molecule has 0 aliphatic carbocycles. The predicted octanol–water partition coefficient (Wildman–Crippen LogP) is 1.77. The second kappa shape index (κ2) is 10.4. The third kappa shape index (κ3) is 4.93. The van der Waals surface area contributed by atoms with Crippen LogP contribution in [-0.4, -0.2) is 81.6 Å². The van der Waals surface area contributed by atoms with E-state index in [0.29, 0.717) is 32.0 Å². The van der Waals surface area contributed by atoms with Crippen molar-refractivity contribution in [1.82, 2.24) is 19.5 Å². The molecule has 10 nitrogen and oxygen atoms in total. The van der Waals surface area contributed by atoms with Crippen molar-refractivity contribution < 1.29 is 28.6 Å². The molecule has 0 bridgehead atoms. The number of halogens is 1. The summed E-state index contributed by atoms with van der Waals surface area (Å²) in [6.07, 6.45) is 3.48. The first-order valence-corrected chi connectivity index (χ1v) is 12.7. The quantitative estimate of drug-likeness (QED) is 0.286. The lowest BCUT2D eigenvalue weighted by molar-refractivity contribution is -0.125. The van der Waals surface area contributed by atoms with Crippen LogP contribution in [0.2, 0.25) is 0 Å². The number of ketones is 1. The fraction of sp³-hybridized carbons (Fsp3) is 0.407. The second-order valence-electron chi connectivity index (χ2n) is 9.96. The largest absolute Gasteiger partial charge is 0.480 e. The molecule has 0 unspecified atom stereocenters. The van der Waals surface area contributed by atoms with Crippen LogP contribution in [0.25, 0.3) is 11.0 Å². The molecule has 5 rings (SSSR count). The van der Waals surface area contributed by atoms with Crippen molar-refractivity contribution in [1.29, 1.82) is 0 Å². The molecule has 2 aliphatic heterocycles. The van der Waals surface area contributed by atoms with Crippen molar-refractivity contribution in [2.24, 2.45) is 5.92 Å². The number of β-amino-alcohol motifs (C(OH)–C–C–N with tert-alkyl or cyclic N) is 1. The number of carbonyl (C=O) groups is 3. The maximum Gasteiger partial charge on any atom is 0.295 e. The topological polar surface area (TPSA) is 131 Å². The molecular formula is C27H30FN5O5. The monoisotopic (exact) mass is 523 g/mol. The minimum absolute atomic E-state index is 0.0381. The van der Waals surface area contributed by atoms with E-state index in [0.717, 1.165) is 29.5 Å². The zero-order valence-corrected chi connectivity index (χ0v) is 21.1. The lowest BCUT2D eigenvalue weighted by atomic mass is 9.90. The number of aliphatic hydroxyl groups is 1. The number of piperidine rings is 1. The number of likely N-dealkylation sites (tertiary alicyclic amines) is 2. The highest BCUT2D eigenvalue weighted by Gasteiger charge is 2.33. The van der Waals surface area contributed by atoms with Crippen LogP contribution >= 0.6 is 0 Å². The van der Waals surface area contributed by atoms with E-state index in [2.05, 4.69) is 4.98 Å². The highest BCUT2D eigenvalue weighted by molar-refractivity contribution is 6.45.